The first kappa shape index (κ1) is 19.8. The molecule has 0 fully saturated rings. The van der Waals surface area contributed by atoms with Crippen molar-refractivity contribution < 1.29 is 13.2 Å². The highest BCUT2D eigenvalue weighted by atomic mass is 32.2. The maximum atomic E-state index is 12.5. The number of nitrogens with zero attached hydrogens (tertiary/aromatic N) is 1. The van der Waals surface area contributed by atoms with Gasteiger partial charge in [0.1, 0.15) is 4.21 Å². The third-order valence-corrected chi connectivity index (χ3v) is 6.71. The molecule has 0 saturated carbocycles. The van der Waals surface area contributed by atoms with Crippen molar-refractivity contribution in [2.45, 2.75) is 17.6 Å². The van der Waals surface area contributed by atoms with E-state index in [1.54, 1.807) is 23.6 Å². The van der Waals surface area contributed by atoms with Crippen LogP contribution in [-0.4, -0.2) is 20.5 Å². The van der Waals surface area contributed by atoms with E-state index in [9.17, 15) is 13.2 Å². The lowest BCUT2D eigenvalue weighted by Gasteiger charge is -2.10. The number of carbonyl (C=O) groups is 1. The Morgan fingerprint density at radius 3 is 2.50 bits per heavy atom. The molecule has 0 radical (unpaired) electrons. The van der Waals surface area contributed by atoms with Crippen molar-refractivity contribution in [3.63, 3.8) is 0 Å². The Labute approximate surface area is 168 Å². The molecule has 3 aromatic rings. The number of hydrogen-bond acceptors (Lipinski definition) is 5. The third kappa shape index (κ3) is 4.85. The molecule has 1 heterocycles. The quantitative estimate of drug-likeness (QED) is 0.455. The van der Waals surface area contributed by atoms with Gasteiger partial charge in [-0.3, -0.25) is 9.52 Å². The Kier molecular flexibility index (Phi) is 6.23. The molecule has 0 aliphatic carbocycles. The summed E-state index contributed by atoms with van der Waals surface area (Å²) in [6, 6.07) is 17.4. The van der Waals surface area contributed by atoms with Crippen LogP contribution in [0.25, 0.3) is 0 Å². The van der Waals surface area contributed by atoms with E-state index in [0.717, 1.165) is 23.3 Å². The maximum absolute atomic E-state index is 12.5. The van der Waals surface area contributed by atoms with E-state index in [0.29, 0.717) is 0 Å². The molecular weight excluding hydrogens is 394 g/mol. The fraction of sp³-hybridized carbons (Fsp3) is 0.100. The molecule has 0 saturated heterocycles. The monoisotopic (exact) mass is 413 g/mol. The highest BCUT2D eigenvalue weighted by molar-refractivity contribution is 7.94. The number of rotatable bonds is 7. The second-order valence-electron chi connectivity index (χ2n) is 5.88. The number of aryl methyl sites for hydroxylation is 1. The molecule has 1 aromatic heterocycles. The van der Waals surface area contributed by atoms with E-state index < -0.39 is 15.9 Å². The summed E-state index contributed by atoms with van der Waals surface area (Å²) >= 11 is 1.10. The van der Waals surface area contributed by atoms with E-state index in [4.69, 9.17) is 0 Å². The van der Waals surface area contributed by atoms with E-state index in [2.05, 4.69) is 22.2 Å². The summed E-state index contributed by atoms with van der Waals surface area (Å²) in [5, 5.41) is 5.64. The zero-order valence-corrected chi connectivity index (χ0v) is 16.8. The molecule has 0 unspecified atom stereocenters. The van der Waals surface area contributed by atoms with Crippen LogP contribution in [-0.2, 0) is 16.4 Å². The molecule has 3 rings (SSSR count). The van der Waals surface area contributed by atoms with Gasteiger partial charge in [-0.25, -0.2) is 13.8 Å². The van der Waals surface area contributed by atoms with Gasteiger partial charge < -0.3 is 0 Å². The first-order valence-corrected chi connectivity index (χ1v) is 10.9. The Bertz CT molecular complexity index is 1070. The highest BCUT2D eigenvalue weighted by Gasteiger charge is 2.19. The minimum absolute atomic E-state index is 0.177. The number of hydrogen-bond donors (Lipinski definition) is 2. The van der Waals surface area contributed by atoms with Crippen LogP contribution < -0.4 is 10.1 Å². The van der Waals surface area contributed by atoms with Gasteiger partial charge in [0, 0.05) is 0 Å². The second kappa shape index (κ2) is 8.81. The number of hydrazone groups is 1. The van der Waals surface area contributed by atoms with Crippen molar-refractivity contribution >= 4 is 39.2 Å². The Morgan fingerprint density at radius 2 is 1.82 bits per heavy atom. The molecule has 28 heavy (non-hydrogen) atoms. The normalized spacial score (nSPS) is 11.5. The lowest BCUT2D eigenvalue weighted by molar-refractivity contribution is 0.0956. The number of thiophene rings is 1. The molecule has 0 bridgehead atoms. The van der Waals surface area contributed by atoms with Crippen LogP contribution >= 0.6 is 11.3 Å². The van der Waals surface area contributed by atoms with Crippen LogP contribution in [0.2, 0.25) is 0 Å². The van der Waals surface area contributed by atoms with Gasteiger partial charge in [-0.05, 0) is 41.1 Å². The van der Waals surface area contributed by atoms with Crippen molar-refractivity contribution in [2.24, 2.45) is 5.10 Å². The van der Waals surface area contributed by atoms with E-state index in [1.807, 2.05) is 24.3 Å². The van der Waals surface area contributed by atoms with Crippen molar-refractivity contribution in [3.8, 4) is 0 Å². The number of sulfonamides is 1. The van der Waals surface area contributed by atoms with Crippen LogP contribution in [0.4, 0.5) is 5.69 Å². The van der Waals surface area contributed by atoms with Crippen molar-refractivity contribution in [2.75, 3.05) is 4.72 Å². The van der Waals surface area contributed by atoms with Crippen LogP contribution in [0.5, 0.6) is 0 Å². The Balaban J connectivity index is 1.72. The molecular formula is C20H19N3O3S2. The predicted molar refractivity (Wildman–Crippen MR) is 112 cm³/mol. The lowest BCUT2D eigenvalue weighted by Crippen LogP contribution is -2.21. The van der Waals surface area contributed by atoms with Crippen molar-refractivity contribution in [3.05, 3.63) is 82.7 Å². The fourth-order valence-corrected chi connectivity index (χ4v) is 4.52. The van der Waals surface area contributed by atoms with Gasteiger partial charge in [-0.15, -0.1) is 11.3 Å². The molecule has 0 spiro atoms. The first-order valence-electron chi connectivity index (χ1n) is 8.57. The molecule has 0 aliphatic rings. The molecule has 6 nitrogen and oxygen atoms in total. The maximum Gasteiger partial charge on any atom is 0.273 e. The largest absolute Gasteiger partial charge is 0.278 e. The summed E-state index contributed by atoms with van der Waals surface area (Å²) < 4.78 is 27.5. The van der Waals surface area contributed by atoms with Crippen molar-refractivity contribution in [1.82, 2.24) is 5.43 Å². The molecule has 2 aromatic carbocycles. The SMILES string of the molecule is CCc1ccc(/C=N\NC(=O)c2ccccc2NS(=O)(=O)c2cccs2)cc1. The molecule has 144 valence electrons. The molecule has 0 aliphatic heterocycles. The summed E-state index contributed by atoms with van der Waals surface area (Å²) in [6.07, 6.45) is 2.49. The number of anilines is 1. The van der Waals surface area contributed by atoms with Crippen LogP contribution in [0, 0.1) is 0 Å². The number of para-hydroxylation sites is 1. The van der Waals surface area contributed by atoms with Crippen LogP contribution in [0.3, 0.4) is 0 Å². The van der Waals surface area contributed by atoms with Gasteiger partial charge in [-0.2, -0.15) is 5.10 Å². The molecule has 0 atom stereocenters. The number of nitrogens with one attached hydrogen (secondary N) is 2. The second-order valence-corrected chi connectivity index (χ2v) is 8.73. The summed E-state index contributed by atoms with van der Waals surface area (Å²) in [7, 11) is -3.75. The fourth-order valence-electron chi connectivity index (χ4n) is 2.45. The first-order chi connectivity index (χ1) is 13.5. The number of carbonyl (C=O) groups excluding carboxylic acids is 1. The summed E-state index contributed by atoms with van der Waals surface area (Å²) in [5.41, 5.74) is 4.87. The average molecular weight is 414 g/mol. The number of amides is 1. The topological polar surface area (TPSA) is 87.6 Å². The van der Waals surface area contributed by atoms with Gasteiger partial charge in [0.15, 0.2) is 0 Å². The van der Waals surface area contributed by atoms with Gasteiger partial charge in [0.2, 0.25) is 0 Å². The van der Waals surface area contributed by atoms with Gasteiger partial charge in [-0.1, -0.05) is 49.4 Å². The smallest absolute Gasteiger partial charge is 0.273 e. The third-order valence-electron chi connectivity index (χ3n) is 3.94. The Morgan fingerprint density at radius 1 is 1.07 bits per heavy atom. The zero-order valence-electron chi connectivity index (χ0n) is 15.1. The van der Waals surface area contributed by atoms with Crippen LogP contribution in [0.15, 0.2) is 75.4 Å². The van der Waals surface area contributed by atoms with Crippen LogP contribution in [0.1, 0.15) is 28.4 Å². The predicted octanol–water partition coefficient (Wildman–Crippen LogP) is 3.88. The average Bonchev–Trinajstić information content (AvgIpc) is 3.24. The summed E-state index contributed by atoms with van der Waals surface area (Å²) in [5.74, 6) is -0.508. The lowest BCUT2D eigenvalue weighted by atomic mass is 10.1. The van der Waals surface area contributed by atoms with Gasteiger partial charge >= 0.3 is 0 Å². The molecule has 1 amide bonds. The minimum atomic E-state index is -3.75. The standard InChI is InChI=1S/C20H19N3O3S2/c1-2-15-9-11-16(12-10-15)14-21-22-20(24)17-6-3-4-7-18(17)23-28(25,26)19-8-5-13-27-19/h3-14,23H,2H2,1H3,(H,22,24)/b21-14-. The zero-order chi connectivity index (χ0) is 20.0. The molecule has 8 heteroatoms. The summed E-state index contributed by atoms with van der Waals surface area (Å²) in [6.45, 7) is 2.08. The summed E-state index contributed by atoms with van der Waals surface area (Å²) in [4.78, 5) is 12.5. The van der Waals surface area contributed by atoms with E-state index in [-0.39, 0.29) is 15.5 Å². The highest BCUT2D eigenvalue weighted by Crippen LogP contribution is 2.22. The molecule has 2 N–H and O–H groups in total. The van der Waals surface area contributed by atoms with Crippen molar-refractivity contribution in [1.29, 1.82) is 0 Å². The van der Waals surface area contributed by atoms with E-state index >= 15 is 0 Å². The van der Waals surface area contributed by atoms with Gasteiger partial charge in [0.25, 0.3) is 15.9 Å². The number of benzene rings is 2. The van der Waals surface area contributed by atoms with Gasteiger partial charge in [0.05, 0.1) is 17.5 Å². The minimum Gasteiger partial charge on any atom is -0.278 e. The Hall–Kier alpha value is -2.97. The van der Waals surface area contributed by atoms with E-state index in [1.165, 1.54) is 30.0 Å².